The average molecular weight is 219 g/mol. The van der Waals surface area contributed by atoms with Gasteiger partial charge in [-0.15, -0.1) is 0 Å². The lowest BCUT2D eigenvalue weighted by molar-refractivity contribution is 0.361. The molecule has 0 fully saturated rings. The van der Waals surface area contributed by atoms with Gasteiger partial charge in [-0.05, 0) is 19.1 Å². The second kappa shape index (κ2) is 4.32. The monoisotopic (exact) mass is 219 g/mol. The maximum absolute atomic E-state index is 5.65. The van der Waals surface area contributed by atoms with E-state index < -0.39 is 0 Å². The Morgan fingerprint density at radius 2 is 2.12 bits per heavy atom. The van der Waals surface area contributed by atoms with Gasteiger partial charge in [-0.1, -0.05) is 17.3 Å². The van der Waals surface area contributed by atoms with Crippen molar-refractivity contribution in [3.05, 3.63) is 30.2 Å². The smallest absolute Gasteiger partial charge is 0.243 e. The van der Waals surface area contributed by atoms with Crippen molar-refractivity contribution in [2.24, 2.45) is 5.73 Å². The predicted molar refractivity (Wildman–Crippen MR) is 58.9 cm³/mol. The molecule has 1 aromatic carbocycles. The minimum absolute atomic E-state index is 0.268. The summed E-state index contributed by atoms with van der Waals surface area (Å²) in [5, 5.41) is 3.87. The first-order valence-corrected chi connectivity index (χ1v) is 4.95. The topological polar surface area (TPSA) is 74.2 Å². The number of nitrogens with zero attached hydrogens (tertiary/aromatic N) is 2. The molecule has 2 N–H and O–H groups in total. The van der Waals surface area contributed by atoms with E-state index in [-0.39, 0.29) is 6.04 Å². The Labute approximate surface area is 93.2 Å². The molecule has 1 atom stereocenters. The summed E-state index contributed by atoms with van der Waals surface area (Å²) in [7, 11) is 1.60. The van der Waals surface area contributed by atoms with Crippen molar-refractivity contribution in [2.75, 3.05) is 7.11 Å². The van der Waals surface area contributed by atoms with Crippen LogP contribution in [0.2, 0.25) is 0 Å². The highest BCUT2D eigenvalue weighted by Crippen LogP contribution is 2.27. The zero-order valence-corrected chi connectivity index (χ0v) is 9.18. The Morgan fingerprint density at radius 3 is 2.75 bits per heavy atom. The largest absolute Gasteiger partial charge is 0.496 e. The molecule has 0 aliphatic heterocycles. The average Bonchev–Trinajstić information content (AvgIpc) is 2.78. The molecule has 5 nitrogen and oxygen atoms in total. The zero-order valence-electron chi connectivity index (χ0n) is 9.18. The first-order chi connectivity index (χ1) is 7.72. The molecule has 0 unspecified atom stereocenters. The van der Waals surface area contributed by atoms with Gasteiger partial charge in [-0.25, -0.2) is 0 Å². The van der Waals surface area contributed by atoms with Crippen LogP contribution in [0.4, 0.5) is 0 Å². The summed E-state index contributed by atoms with van der Waals surface area (Å²) in [5.74, 6) is 1.62. The first kappa shape index (κ1) is 10.6. The Kier molecular flexibility index (Phi) is 2.87. The minimum Gasteiger partial charge on any atom is -0.496 e. The first-order valence-electron chi connectivity index (χ1n) is 4.95. The maximum Gasteiger partial charge on any atom is 0.243 e. The number of ether oxygens (including phenoxy) is 1. The summed E-state index contributed by atoms with van der Waals surface area (Å²) in [6.45, 7) is 1.79. The molecule has 16 heavy (non-hydrogen) atoms. The number of rotatable bonds is 3. The molecule has 1 aromatic heterocycles. The predicted octanol–water partition coefficient (Wildman–Crippen LogP) is 1.76. The summed E-state index contributed by atoms with van der Waals surface area (Å²) in [6, 6.07) is 7.22. The number of benzene rings is 1. The van der Waals surface area contributed by atoms with Crippen LogP contribution in [0.25, 0.3) is 11.4 Å². The van der Waals surface area contributed by atoms with E-state index in [2.05, 4.69) is 10.1 Å². The van der Waals surface area contributed by atoms with Crippen LogP contribution >= 0.6 is 0 Å². The van der Waals surface area contributed by atoms with Gasteiger partial charge in [0.25, 0.3) is 0 Å². The van der Waals surface area contributed by atoms with Crippen molar-refractivity contribution in [3.8, 4) is 17.1 Å². The molecule has 0 aliphatic rings. The molecule has 0 amide bonds. The summed E-state index contributed by atoms with van der Waals surface area (Å²) < 4.78 is 10.3. The summed E-state index contributed by atoms with van der Waals surface area (Å²) in [6.07, 6.45) is 0. The Hall–Kier alpha value is -1.88. The third kappa shape index (κ3) is 1.90. The number of hydrogen-bond acceptors (Lipinski definition) is 5. The van der Waals surface area contributed by atoms with Crippen LogP contribution < -0.4 is 10.5 Å². The molecule has 84 valence electrons. The summed E-state index contributed by atoms with van der Waals surface area (Å²) >= 11 is 0. The number of para-hydroxylation sites is 1. The zero-order chi connectivity index (χ0) is 11.5. The van der Waals surface area contributed by atoms with E-state index in [0.29, 0.717) is 17.5 Å². The number of methoxy groups -OCH3 is 1. The second-order valence-electron chi connectivity index (χ2n) is 3.45. The molecule has 0 radical (unpaired) electrons. The van der Waals surface area contributed by atoms with Crippen LogP contribution in [0.5, 0.6) is 5.75 Å². The van der Waals surface area contributed by atoms with Crippen LogP contribution in [0, 0.1) is 0 Å². The van der Waals surface area contributed by atoms with Gasteiger partial charge < -0.3 is 15.0 Å². The molecule has 2 rings (SSSR count). The molecular formula is C11H13N3O2. The number of hydrogen-bond donors (Lipinski definition) is 1. The van der Waals surface area contributed by atoms with Gasteiger partial charge in [0.15, 0.2) is 0 Å². The fourth-order valence-electron chi connectivity index (χ4n) is 1.36. The maximum atomic E-state index is 5.65. The van der Waals surface area contributed by atoms with Gasteiger partial charge in [0.2, 0.25) is 11.7 Å². The van der Waals surface area contributed by atoms with Gasteiger partial charge in [-0.2, -0.15) is 4.98 Å². The van der Waals surface area contributed by atoms with Crippen molar-refractivity contribution in [3.63, 3.8) is 0 Å². The third-order valence-electron chi connectivity index (χ3n) is 2.18. The molecule has 0 aliphatic carbocycles. The summed E-state index contributed by atoms with van der Waals surface area (Å²) in [5.41, 5.74) is 6.44. The highest BCUT2D eigenvalue weighted by molar-refractivity contribution is 5.63. The van der Waals surface area contributed by atoms with E-state index in [1.54, 1.807) is 14.0 Å². The molecule has 1 heterocycles. The SMILES string of the molecule is COc1ccccc1-c1noc([C@H](C)N)n1. The third-order valence-corrected chi connectivity index (χ3v) is 2.18. The molecular weight excluding hydrogens is 206 g/mol. The van der Waals surface area contributed by atoms with E-state index in [1.165, 1.54) is 0 Å². The van der Waals surface area contributed by atoms with E-state index in [1.807, 2.05) is 24.3 Å². The fourth-order valence-corrected chi connectivity index (χ4v) is 1.36. The van der Waals surface area contributed by atoms with Gasteiger partial charge in [0.05, 0.1) is 18.7 Å². The molecule has 0 saturated heterocycles. The normalized spacial score (nSPS) is 12.4. The van der Waals surface area contributed by atoms with Crippen molar-refractivity contribution < 1.29 is 9.26 Å². The molecule has 0 spiro atoms. The Balaban J connectivity index is 2.42. The van der Waals surface area contributed by atoms with Crippen LogP contribution in [-0.4, -0.2) is 17.3 Å². The van der Waals surface area contributed by atoms with Gasteiger partial charge in [0.1, 0.15) is 5.75 Å². The molecule has 5 heteroatoms. The summed E-state index contributed by atoms with van der Waals surface area (Å²) in [4.78, 5) is 4.21. The van der Waals surface area contributed by atoms with Crippen molar-refractivity contribution >= 4 is 0 Å². The van der Waals surface area contributed by atoms with Crippen LogP contribution in [0.1, 0.15) is 18.9 Å². The Bertz CT molecular complexity index is 480. The lowest BCUT2D eigenvalue weighted by Crippen LogP contribution is -2.04. The molecule has 0 bridgehead atoms. The standard InChI is InChI=1S/C11H13N3O2/c1-7(12)11-13-10(14-16-11)8-5-3-4-6-9(8)15-2/h3-7H,12H2,1-2H3/t7-/m0/s1. The van der Waals surface area contributed by atoms with Crippen LogP contribution in [-0.2, 0) is 0 Å². The van der Waals surface area contributed by atoms with E-state index in [4.69, 9.17) is 15.0 Å². The van der Waals surface area contributed by atoms with Crippen LogP contribution in [0.3, 0.4) is 0 Å². The lowest BCUT2D eigenvalue weighted by Gasteiger charge is -2.03. The second-order valence-corrected chi connectivity index (χ2v) is 3.45. The van der Waals surface area contributed by atoms with Crippen molar-refractivity contribution in [2.45, 2.75) is 13.0 Å². The van der Waals surface area contributed by atoms with E-state index in [9.17, 15) is 0 Å². The highest BCUT2D eigenvalue weighted by Gasteiger charge is 2.14. The lowest BCUT2D eigenvalue weighted by atomic mass is 10.2. The molecule has 2 aromatic rings. The van der Waals surface area contributed by atoms with Gasteiger partial charge >= 0.3 is 0 Å². The van der Waals surface area contributed by atoms with Gasteiger partial charge in [0, 0.05) is 0 Å². The number of nitrogens with two attached hydrogens (primary N) is 1. The highest BCUT2D eigenvalue weighted by atomic mass is 16.5. The molecule has 0 saturated carbocycles. The van der Waals surface area contributed by atoms with Crippen molar-refractivity contribution in [1.82, 2.24) is 10.1 Å². The van der Waals surface area contributed by atoms with Crippen molar-refractivity contribution in [1.29, 1.82) is 0 Å². The Morgan fingerprint density at radius 1 is 1.38 bits per heavy atom. The number of aromatic nitrogens is 2. The van der Waals surface area contributed by atoms with Crippen LogP contribution in [0.15, 0.2) is 28.8 Å². The quantitative estimate of drug-likeness (QED) is 0.851. The minimum atomic E-state index is -0.268. The van der Waals surface area contributed by atoms with E-state index in [0.717, 1.165) is 5.56 Å². The van der Waals surface area contributed by atoms with Gasteiger partial charge in [-0.3, -0.25) is 0 Å². The van der Waals surface area contributed by atoms with E-state index >= 15 is 0 Å². The fraction of sp³-hybridized carbons (Fsp3) is 0.273.